The van der Waals surface area contributed by atoms with Gasteiger partial charge in [0.1, 0.15) is 0 Å². The molecule has 1 saturated heterocycles. The van der Waals surface area contributed by atoms with Crippen LogP contribution in [0, 0.1) is 12.8 Å². The Morgan fingerprint density at radius 1 is 1.09 bits per heavy atom. The molecule has 0 spiro atoms. The van der Waals surface area contributed by atoms with Gasteiger partial charge in [-0.2, -0.15) is 0 Å². The van der Waals surface area contributed by atoms with Crippen LogP contribution < -0.4 is 0 Å². The van der Waals surface area contributed by atoms with Crippen molar-refractivity contribution in [2.45, 2.75) is 32.3 Å². The predicted molar refractivity (Wildman–Crippen MR) is 95.4 cm³/mol. The molecule has 0 saturated carbocycles. The van der Waals surface area contributed by atoms with Crippen molar-refractivity contribution < 1.29 is 5.11 Å². The van der Waals surface area contributed by atoms with E-state index in [1.807, 2.05) is 0 Å². The number of rotatable bonds is 4. The average molecular weight is 309 g/mol. The zero-order valence-corrected chi connectivity index (χ0v) is 14.2. The molecule has 0 aromatic heterocycles. The van der Waals surface area contributed by atoms with E-state index in [-0.39, 0.29) is 5.92 Å². The van der Waals surface area contributed by atoms with Crippen LogP contribution in [0.15, 0.2) is 54.6 Å². The van der Waals surface area contributed by atoms with Gasteiger partial charge in [0, 0.05) is 25.6 Å². The molecule has 2 nitrogen and oxygen atoms in total. The van der Waals surface area contributed by atoms with E-state index in [1.54, 1.807) is 0 Å². The minimum Gasteiger partial charge on any atom is -0.385 e. The van der Waals surface area contributed by atoms with Crippen molar-refractivity contribution in [2.24, 2.45) is 5.92 Å². The van der Waals surface area contributed by atoms with E-state index in [0.29, 0.717) is 0 Å². The summed E-state index contributed by atoms with van der Waals surface area (Å²) in [4.78, 5) is 2.49. The molecule has 0 aliphatic carbocycles. The van der Waals surface area contributed by atoms with Crippen LogP contribution in [-0.2, 0) is 12.0 Å². The van der Waals surface area contributed by atoms with Crippen LogP contribution in [-0.4, -0.2) is 29.6 Å². The maximum atomic E-state index is 11.2. The molecule has 122 valence electrons. The highest BCUT2D eigenvalue weighted by Gasteiger charge is 2.39. The second-order valence-corrected chi connectivity index (χ2v) is 6.98. The first-order chi connectivity index (χ1) is 11.1. The summed E-state index contributed by atoms with van der Waals surface area (Å²) >= 11 is 0. The largest absolute Gasteiger partial charge is 0.385 e. The van der Waals surface area contributed by atoms with E-state index in [1.165, 1.54) is 11.1 Å². The van der Waals surface area contributed by atoms with Gasteiger partial charge in [-0.1, -0.05) is 67.1 Å². The molecule has 1 heterocycles. The number of aliphatic hydroxyl groups is 1. The van der Waals surface area contributed by atoms with Crippen LogP contribution in [0.25, 0.3) is 0 Å². The normalized spacial score (nSPS) is 25.4. The molecule has 23 heavy (non-hydrogen) atoms. The SMILES string of the molecule is Cc1ccc(C2(O)CCN(CCc3ccccc3)CC2C)cc1. The van der Waals surface area contributed by atoms with Crippen molar-refractivity contribution in [3.8, 4) is 0 Å². The lowest BCUT2D eigenvalue weighted by Crippen LogP contribution is -2.49. The van der Waals surface area contributed by atoms with Crippen molar-refractivity contribution in [2.75, 3.05) is 19.6 Å². The van der Waals surface area contributed by atoms with Crippen LogP contribution in [0.5, 0.6) is 0 Å². The predicted octanol–water partition coefficient (Wildman–Crippen LogP) is 3.77. The first-order valence-electron chi connectivity index (χ1n) is 8.64. The van der Waals surface area contributed by atoms with Crippen molar-refractivity contribution >= 4 is 0 Å². The van der Waals surface area contributed by atoms with Gasteiger partial charge < -0.3 is 10.0 Å². The summed E-state index contributed by atoms with van der Waals surface area (Å²) in [5.74, 6) is 0.245. The molecule has 1 fully saturated rings. The van der Waals surface area contributed by atoms with Gasteiger partial charge in [0.05, 0.1) is 5.60 Å². The van der Waals surface area contributed by atoms with E-state index in [0.717, 1.165) is 38.0 Å². The summed E-state index contributed by atoms with van der Waals surface area (Å²) in [5.41, 5.74) is 3.01. The maximum absolute atomic E-state index is 11.2. The highest BCUT2D eigenvalue weighted by molar-refractivity contribution is 5.28. The molecule has 2 unspecified atom stereocenters. The Hall–Kier alpha value is -1.64. The molecule has 2 aromatic carbocycles. The van der Waals surface area contributed by atoms with Gasteiger partial charge in [0.15, 0.2) is 0 Å². The Bertz CT molecular complexity index is 622. The van der Waals surface area contributed by atoms with Gasteiger partial charge in [-0.05, 0) is 30.9 Å². The highest BCUT2D eigenvalue weighted by Crippen LogP contribution is 2.37. The molecule has 0 amide bonds. The Balaban J connectivity index is 1.61. The third-order valence-corrected chi connectivity index (χ3v) is 5.27. The summed E-state index contributed by atoms with van der Waals surface area (Å²) in [6.07, 6.45) is 1.89. The van der Waals surface area contributed by atoms with Gasteiger partial charge >= 0.3 is 0 Å². The van der Waals surface area contributed by atoms with Gasteiger partial charge in [-0.3, -0.25) is 0 Å². The van der Waals surface area contributed by atoms with E-state index in [4.69, 9.17) is 0 Å². The number of nitrogens with zero attached hydrogens (tertiary/aromatic N) is 1. The Morgan fingerprint density at radius 3 is 2.43 bits per heavy atom. The number of hydrogen-bond donors (Lipinski definition) is 1. The topological polar surface area (TPSA) is 23.5 Å². The summed E-state index contributed by atoms with van der Waals surface area (Å²) in [6.45, 7) is 7.25. The van der Waals surface area contributed by atoms with Gasteiger partial charge in [-0.15, -0.1) is 0 Å². The summed E-state index contributed by atoms with van der Waals surface area (Å²) in [5, 5.41) is 11.2. The maximum Gasteiger partial charge on any atom is 0.0946 e. The second-order valence-electron chi connectivity index (χ2n) is 6.98. The lowest BCUT2D eigenvalue weighted by Gasteiger charge is -2.43. The molecule has 0 bridgehead atoms. The van der Waals surface area contributed by atoms with E-state index < -0.39 is 5.60 Å². The number of aryl methyl sites for hydroxylation is 1. The summed E-state index contributed by atoms with van der Waals surface area (Å²) < 4.78 is 0. The monoisotopic (exact) mass is 309 g/mol. The summed E-state index contributed by atoms with van der Waals surface area (Å²) in [7, 11) is 0. The first-order valence-corrected chi connectivity index (χ1v) is 8.64. The molecule has 0 radical (unpaired) electrons. The Morgan fingerprint density at radius 2 is 1.78 bits per heavy atom. The zero-order chi connectivity index (χ0) is 16.3. The van der Waals surface area contributed by atoms with E-state index in [9.17, 15) is 5.11 Å². The highest BCUT2D eigenvalue weighted by atomic mass is 16.3. The van der Waals surface area contributed by atoms with Crippen LogP contribution >= 0.6 is 0 Å². The first kappa shape index (κ1) is 16.2. The molecule has 1 aliphatic rings. The smallest absolute Gasteiger partial charge is 0.0946 e. The van der Waals surface area contributed by atoms with Crippen LogP contribution in [0.4, 0.5) is 0 Å². The number of benzene rings is 2. The fraction of sp³-hybridized carbons (Fsp3) is 0.429. The minimum absolute atomic E-state index is 0.245. The fourth-order valence-electron chi connectivity index (χ4n) is 3.61. The van der Waals surface area contributed by atoms with Gasteiger partial charge in [0.25, 0.3) is 0 Å². The molecular formula is C21H27NO. The minimum atomic E-state index is -0.684. The Kier molecular flexibility index (Phi) is 4.84. The van der Waals surface area contributed by atoms with Crippen LogP contribution in [0.1, 0.15) is 30.0 Å². The standard InChI is InChI=1S/C21H27NO/c1-17-8-10-20(11-9-17)21(23)13-15-22(16-18(21)2)14-12-19-6-4-3-5-7-19/h3-11,18,23H,12-16H2,1-2H3. The lowest BCUT2D eigenvalue weighted by atomic mass is 9.76. The molecule has 1 N–H and O–H groups in total. The lowest BCUT2D eigenvalue weighted by molar-refractivity contribution is -0.0707. The number of hydrogen-bond acceptors (Lipinski definition) is 2. The third-order valence-electron chi connectivity index (χ3n) is 5.27. The van der Waals surface area contributed by atoms with Crippen molar-refractivity contribution in [1.29, 1.82) is 0 Å². The molecule has 2 aromatic rings. The number of likely N-dealkylation sites (tertiary alicyclic amines) is 1. The summed E-state index contributed by atoms with van der Waals surface area (Å²) in [6, 6.07) is 19.0. The number of piperidine rings is 1. The fourth-order valence-corrected chi connectivity index (χ4v) is 3.61. The van der Waals surface area contributed by atoms with Gasteiger partial charge in [0.2, 0.25) is 0 Å². The molecule has 3 rings (SSSR count). The molecular weight excluding hydrogens is 282 g/mol. The molecule has 1 aliphatic heterocycles. The second kappa shape index (κ2) is 6.86. The van der Waals surface area contributed by atoms with Crippen molar-refractivity contribution in [3.63, 3.8) is 0 Å². The Labute approximate surface area is 139 Å². The molecule has 2 heteroatoms. The third kappa shape index (κ3) is 3.65. The van der Waals surface area contributed by atoms with Crippen molar-refractivity contribution in [3.05, 3.63) is 71.3 Å². The quantitative estimate of drug-likeness (QED) is 0.929. The van der Waals surface area contributed by atoms with Gasteiger partial charge in [-0.25, -0.2) is 0 Å². The van der Waals surface area contributed by atoms with E-state index in [2.05, 4.69) is 73.3 Å². The average Bonchev–Trinajstić information content (AvgIpc) is 2.57. The van der Waals surface area contributed by atoms with Crippen molar-refractivity contribution in [1.82, 2.24) is 4.90 Å². The van der Waals surface area contributed by atoms with E-state index >= 15 is 0 Å². The van der Waals surface area contributed by atoms with Crippen LogP contribution in [0.2, 0.25) is 0 Å². The van der Waals surface area contributed by atoms with Crippen LogP contribution in [0.3, 0.4) is 0 Å². The zero-order valence-electron chi connectivity index (χ0n) is 14.2. The molecule has 2 atom stereocenters.